The van der Waals surface area contributed by atoms with Gasteiger partial charge in [-0.1, -0.05) is 48.0 Å². The highest BCUT2D eigenvalue weighted by Crippen LogP contribution is 2.25. The van der Waals surface area contributed by atoms with Crippen molar-refractivity contribution in [2.75, 3.05) is 0 Å². The van der Waals surface area contributed by atoms with Crippen LogP contribution in [0.2, 0.25) is 0 Å². The Kier molecular flexibility index (Phi) is 5.76. The van der Waals surface area contributed by atoms with Crippen LogP contribution in [0.3, 0.4) is 0 Å². The van der Waals surface area contributed by atoms with Crippen molar-refractivity contribution in [1.82, 2.24) is 0 Å². The van der Waals surface area contributed by atoms with Crippen LogP contribution in [0.1, 0.15) is 22.3 Å². The number of nitrogens with zero attached hydrogens (tertiary/aromatic N) is 1. The van der Waals surface area contributed by atoms with E-state index in [1.54, 1.807) is 6.08 Å². The number of cyclic esters (lactones) is 1. The number of aryl methyl sites for hydroxylation is 1. The average molecular weight is 495 g/mol. The Morgan fingerprint density at radius 2 is 1.72 bits per heavy atom. The maximum Gasteiger partial charge on any atom is 0.363 e. The van der Waals surface area contributed by atoms with Gasteiger partial charge in [0.15, 0.2) is 5.70 Å². The normalized spacial score (nSPS) is 14.6. The third kappa shape index (κ3) is 4.74. The predicted octanol–water partition coefficient (Wildman–Crippen LogP) is 5.52. The lowest BCUT2D eigenvalue weighted by Crippen LogP contribution is -2.05. The smallest absolute Gasteiger partial charge is 0.363 e. The molecule has 29 heavy (non-hydrogen) atoms. The molecule has 0 fully saturated rings. The summed E-state index contributed by atoms with van der Waals surface area (Å²) >= 11 is 2.23. The summed E-state index contributed by atoms with van der Waals surface area (Å²) in [7, 11) is 0. The second-order valence-corrected chi connectivity index (χ2v) is 7.90. The van der Waals surface area contributed by atoms with Crippen LogP contribution >= 0.6 is 22.6 Å². The van der Waals surface area contributed by atoms with Crippen molar-refractivity contribution < 1.29 is 14.3 Å². The second-order valence-electron chi connectivity index (χ2n) is 6.66. The molecule has 0 atom stereocenters. The van der Waals surface area contributed by atoms with Gasteiger partial charge in [0, 0.05) is 14.7 Å². The van der Waals surface area contributed by atoms with Gasteiger partial charge in [0.1, 0.15) is 12.4 Å². The number of aliphatic imine (C=N–C) groups is 1. The lowest BCUT2D eigenvalue weighted by atomic mass is 10.1. The summed E-state index contributed by atoms with van der Waals surface area (Å²) in [5.41, 5.74) is 4.09. The molecule has 0 radical (unpaired) electrons. The fraction of sp³-hybridized carbons (Fsp3) is 0.0833. The topological polar surface area (TPSA) is 47.9 Å². The fourth-order valence-corrected chi connectivity index (χ4v) is 3.21. The number of hydrogen-bond acceptors (Lipinski definition) is 4. The maximum absolute atomic E-state index is 12.3. The van der Waals surface area contributed by atoms with Crippen molar-refractivity contribution in [1.29, 1.82) is 0 Å². The number of ether oxygens (including phenoxy) is 2. The highest BCUT2D eigenvalue weighted by atomic mass is 127. The predicted molar refractivity (Wildman–Crippen MR) is 122 cm³/mol. The summed E-state index contributed by atoms with van der Waals surface area (Å²) in [5, 5.41) is 0. The molecule has 0 spiro atoms. The first kappa shape index (κ1) is 19.4. The van der Waals surface area contributed by atoms with Gasteiger partial charge in [-0.05, 0) is 71.5 Å². The molecular weight excluding hydrogens is 477 g/mol. The Morgan fingerprint density at radius 1 is 1.00 bits per heavy atom. The van der Waals surface area contributed by atoms with Crippen LogP contribution in [0.25, 0.3) is 6.08 Å². The number of para-hydroxylation sites is 1. The minimum Gasteiger partial charge on any atom is -0.488 e. The van der Waals surface area contributed by atoms with Crippen LogP contribution < -0.4 is 4.74 Å². The maximum atomic E-state index is 12.3. The van der Waals surface area contributed by atoms with Gasteiger partial charge in [-0.25, -0.2) is 9.79 Å². The van der Waals surface area contributed by atoms with Crippen LogP contribution in [-0.4, -0.2) is 11.9 Å². The SMILES string of the molecule is Cc1ccc(COc2ccccc2/C=C2\N=C(c3ccc(I)cc3)OC2=O)cc1. The minimum atomic E-state index is -0.466. The summed E-state index contributed by atoms with van der Waals surface area (Å²) in [6.07, 6.45) is 1.70. The summed E-state index contributed by atoms with van der Waals surface area (Å²) in [5.74, 6) is 0.536. The van der Waals surface area contributed by atoms with E-state index in [0.717, 1.165) is 20.3 Å². The van der Waals surface area contributed by atoms with E-state index < -0.39 is 5.97 Å². The molecule has 3 aromatic rings. The zero-order valence-electron chi connectivity index (χ0n) is 15.8. The molecule has 4 nitrogen and oxygen atoms in total. The van der Waals surface area contributed by atoms with E-state index in [2.05, 4.69) is 46.6 Å². The van der Waals surface area contributed by atoms with Crippen LogP contribution in [-0.2, 0) is 16.1 Å². The second kappa shape index (κ2) is 8.61. The van der Waals surface area contributed by atoms with Gasteiger partial charge in [0.05, 0.1) is 0 Å². The van der Waals surface area contributed by atoms with Crippen LogP contribution in [0.4, 0.5) is 0 Å². The van der Waals surface area contributed by atoms with E-state index in [1.807, 2.05) is 60.7 Å². The lowest BCUT2D eigenvalue weighted by Gasteiger charge is -2.09. The third-order valence-electron chi connectivity index (χ3n) is 4.44. The number of halogens is 1. The molecule has 1 aliphatic heterocycles. The van der Waals surface area contributed by atoms with E-state index in [-0.39, 0.29) is 5.70 Å². The first-order chi connectivity index (χ1) is 14.1. The van der Waals surface area contributed by atoms with Crippen LogP contribution in [0.15, 0.2) is 83.5 Å². The molecule has 3 aromatic carbocycles. The van der Waals surface area contributed by atoms with Crippen LogP contribution in [0.5, 0.6) is 5.75 Å². The van der Waals surface area contributed by atoms with Crippen molar-refractivity contribution in [3.63, 3.8) is 0 Å². The molecule has 0 saturated carbocycles. The first-order valence-corrected chi connectivity index (χ1v) is 10.2. The largest absolute Gasteiger partial charge is 0.488 e. The van der Waals surface area contributed by atoms with Gasteiger partial charge in [-0.2, -0.15) is 0 Å². The Labute approximate surface area is 183 Å². The number of carbonyl (C=O) groups is 1. The molecule has 0 unspecified atom stereocenters. The van der Waals surface area contributed by atoms with E-state index in [1.165, 1.54) is 5.56 Å². The Hall–Kier alpha value is -2.93. The molecular formula is C24H18INO3. The van der Waals surface area contributed by atoms with Gasteiger partial charge >= 0.3 is 5.97 Å². The summed E-state index contributed by atoms with van der Waals surface area (Å²) in [6, 6.07) is 23.4. The quantitative estimate of drug-likeness (QED) is 0.266. The van der Waals surface area contributed by atoms with Gasteiger partial charge in [-0.15, -0.1) is 0 Å². The molecule has 1 heterocycles. The van der Waals surface area contributed by atoms with Crippen molar-refractivity contribution in [2.24, 2.45) is 4.99 Å². The molecule has 0 bridgehead atoms. The number of rotatable bonds is 5. The number of esters is 1. The highest BCUT2D eigenvalue weighted by molar-refractivity contribution is 14.1. The highest BCUT2D eigenvalue weighted by Gasteiger charge is 2.24. The van der Waals surface area contributed by atoms with Crippen molar-refractivity contribution in [3.8, 4) is 5.75 Å². The Balaban J connectivity index is 1.56. The third-order valence-corrected chi connectivity index (χ3v) is 5.16. The van der Waals surface area contributed by atoms with E-state index in [9.17, 15) is 4.79 Å². The zero-order valence-corrected chi connectivity index (χ0v) is 17.9. The molecule has 0 amide bonds. The standard InChI is InChI=1S/C24H18INO3/c1-16-6-8-17(9-7-16)15-28-22-5-3-2-4-19(22)14-21-24(27)29-23(26-21)18-10-12-20(25)13-11-18/h2-14H,15H2,1H3/b21-14-. The van der Waals surface area contributed by atoms with E-state index >= 15 is 0 Å². The summed E-state index contributed by atoms with van der Waals surface area (Å²) in [6.45, 7) is 2.50. The molecule has 5 heteroatoms. The molecule has 4 rings (SSSR count). The lowest BCUT2D eigenvalue weighted by molar-refractivity contribution is -0.129. The Bertz CT molecular complexity index is 1100. The Morgan fingerprint density at radius 3 is 2.48 bits per heavy atom. The monoisotopic (exact) mass is 495 g/mol. The van der Waals surface area contributed by atoms with Crippen molar-refractivity contribution >= 4 is 40.5 Å². The first-order valence-electron chi connectivity index (χ1n) is 9.14. The molecule has 0 aromatic heterocycles. The van der Waals surface area contributed by atoms with Gasteiger partial charge in [0.2, 0.25) is 5.90 Å². The number of benzene rings is 3. The molecule has 1 aliphatic rings. The van der Waals surface area contributed by atoms with Gasteiger partial charge in [0.25, 0.3) is 0 Å². The molecule has 0 aliphatic carbocycles. The summed E-state index contributed by atoms with van der Waals surface area (Å²) < 4.78 is 12.4. The number of carbonyl (C=O) groups excluding carboxylic acids is 1. The molecule has 0 saturated heterocycles. The van der Waals surface area contributed by atoms with Crippen molar-refractivity contribution in [3.05, 3.63) is 104 Å². The summed E-state index contributed by atoms with van der Waals surface area (Å²) in [4.78, 5) is 16.7. The van der Waals surface area contributed by atoms with Gasteiger partial charge < -0.3 is 9.47 Å². The number of hydrogen-bond donors (Lipinski definition) is 0. The van der Waals surface area contributed by atoms with Gasteiger partial charge in [-0.3, -0.25) is 0 Å². The average Bonchev–Trinajstić information content (AvgIpc) is 3.09. The van der Waals surface area contributed by atoms with E-state index in [0.29, 0.717) is 18.3 Å². The van der Waals surface area contributed by atoms with Crippen LogP contribution in [0, 0.1) is 10.5 Å². The fourth-order valence-electron chi connectivity index (χ4n) is 2.85. The molecule has 0 N–H and O–H groups in total. The van der Waals surface area contributed by atoms with E-state index in [4.69, 9.17) is 9.47 Å². The zero-order chi connectivity index (χ0) is 20.2. The van der Waals surface area contributed by atoms with Crippen molar-refractivity contribution in [2.45, 2.75) is 13.5 Å². The minimum absolute atomic E-state index is 0.255. The molecule has 144 valence electrons.